The number of ether oxygens (including phenoxy) is 1. The first-order valence-corrected chi connectivity index (χ1v) is 8.49. The summed E-state index contributed by atoms with van der Waals surface area (Å²) in [5, 5.41) is 24.9. The molecule has 6 rings (SSSR count). The first-order chi connectivity index (χ1) is 12.2. The van der Waals surface area contributed by atoms with Gasteiger partial charge in [0.15, 0.2) is 0 Å². The largest absolute Gasteiger partial charge is 0.387 e. The molecule has 0 radical (unpaired) electrons. The lowest BCUT2D eigenvalue weighted by molar-refractivity contribution is 0.0000942. The van der Waals surface area contributed by atoms with Gasteiger partial charge >= 0.3 is 0 Å². The number of rotatable bonds is 0. The normalized spacial score (nSPS) is 27.4. The molecule has 3 aromatic carbocycles. The van der Waals surface area contributed by atoms with Gasteiger partial charge in [-0.2, -0.15) is 0 Å². The van der Waals surface area contributed by atoms with E-state index >= 15 is 0 Å². The van der Waals surface area contributed by atoms with Crippen LogP contribution < -0.4 is 0 Å². The van der Waals surface area contributed by atoms with E-state index in [-0.39, 0.29) is 12.2 Å². The Kier molecular flexibility index (Phi) is 2.50. The molecule has 2 N–H and O–H groups in total. The SMILES string of the molecule is O[C@@H]1[C@H]2O[C@H]2c2c(ccc3cc4ccc5ccccc5c4nc23)[C@H]1O. The van der Waals surface area contributed by atoms with E-state index in [2.05, 4.69) is 30.3 Å². The zero-order chi connectivity index (χ0) is 16.7. The highest BCUT2D eigenvalue weighted by atomic mass is 16.6. The van der Waals surface area contributed by atoms with Gasteiger partial charge in [0, 0.05) is 21.7 Å². The van der Waals surface area contributed by atoms with Crippen molar-refractivity contribution in [2.45, 2.75) is 24.4 Å². The molecule has 1 aromatic heterocycles. The van der Waals surface area contributed by atoms with Gasteiger partial charge < -0.3 is 14.9 Å². The summed E-state index contributed by atoms with van der Waals surface area (Å²) < 4.78 is 5.64. The van der Waals surface area contributed by atoms with Gasteiger partial charge in [0.25, 0.3) is 0 Å². The molecule has 0 saturated carbocycles. The average Bonchev–Trinajstić information content (AvgIpc) is 3.44. The fourth-order valence-electron chi connectivity index (χ4n) is 4.21. The molecule has 4 aromatic rings. The van der Waals surface area contributed by atoms with Crippen LogP contribution in [0.2, 0.25) is 0 Å². The van der Waals surface area contributed by atoms with Crippen LogP contribution in [-0.2, 0) is 4.74 Å². The van der Waals surface area contributed by atoms with Crippen LogP contribution in [0, 0.1) is 0 Å². The molecule has 1 fully saturated rings. The van der Waals surface area contributed by atoms with Crippen LogP contribution in [0.3, 0.4) is 0 Å². The molecule has 0 spiro atoms. The Morgan fingerprint density at radius 1 is 0.840 bits per heavy atom. The molecular weight excluding hydrogens is 314 g/mol. The molecule has 2 heterocycles. The Morgan fingerprint density at radius 3 is 2.52 bits per heavy atom. The van der Waals surface area contributed by atoms with Gasteiger partial charge in [-0.1, -0.05) is 48.5 Å². The first kappa shape index (κ1) is 13.7. The highest BCUT2D eigenvalue weighted by Crippen LogP contribution is 2.52. The Balaban J connectivity index is 1.75. The minimum Gasteiger partial charge on any atom is -0.387 e. The summed E-state index contributed by atoms with van der Waals surface area (Å²) in [5.74, 6) is 0. The number of hydrogen-bond donors (Lipinski definition) is 2. The van der Waals surface area contributed by atoms with Crippen LogP contribution in [-0.4, -0.2) is 27.4 Å². The van der Waals surface area contributed by atoms with Crippen LogP contribution in [0.1, 0.15) is 23.3 Å². The summed E-state index contributed by atoms with van der Waals surface area (Å²) in [4.78, 5) is 4.98. The second-order valence-electron chi connectivity index (χ2n) is 6.94. The van der Waals surface area contributed by atoms with Crippen molar-refractivity contribution in [1.29, 1.82) is 0 Å². The maximum atomic E-state index is 10.4. The van der Waals surface area contributed by atoms with Crippen molar-refractivity contribution in [3.8, 4) is 0 Å². The summed E-state index contributed by atoms with van der Waals surface area (Å²) in [5.41, 5.74) is 3.47. The quantitative estimate of drug-likeness (QED) is 0.295. The molecule has 0 amide bonds. The molecule has 4 heteroatoms. The number of hydrogen-bond acceptors (Lipinski definition) is 4. The Labute approximate surface area is 143 Å². The fraction of sp³-hybridized carbons (Fsp3) is 0.190. The van der Waals surface area contributed by atoms with E-state index in [0.29, 0.717) is 0 Å². The summed E-state index contributed by atoms with van der Waals surface area (Å²) in [7, 11) is 0. The van der Waals surface area contributed by atoms with Gasteiger partial charge in [0.2, 0.25) is 0 Å². The van der Waals surface area contributed by atoms with E-state index in [1.54, 1.807) is 0 Å². The van der Waals surface area contributed by atoms with Crippen LogP contribution >= 0.6 is 0 Å². The van der Waals surface area contributed by atoms with Gasteiger partial charge in [-0.25, -0.2) is 4.98 Å². The maximum absolute atomic E-state index is 10.4. The third-order valence-electron chi connectivity index (χ3n) is 5.54. The molecule has 0 bridgehead atoms. The number of aliphatic hydroxyl groups is 2. The van der Waals surface area contributed by atoms with Crippen molar-refractivity contribution in [3.63, 3.8) is 0 Å². The zero-order valence-corrected chi connectivity index (χ0v) is 13.3. The smallest absolute Gasteiger partial charge is 0.118 e. The minimum atomic E-state index is -0.923. The van der Waals surface area contributed by atoms with E-state index in [4.69, 9.17) is 9.72 Å². The topological polar surface area (TPSA) is 65.9 Å². The van der Waals surface area contributed by atoms with Crippen LogP contribution in [0.5, 0.6) is 0 Å². The predicted molar refractivity (Wildman–Crippen MR) is 95.3 cm³/mol. The third kappa shape index (κ3) is 1.74. The number of aliphatic hydroxyl groups excluding tert-OH is 2. The minimum absolute atomic E-state index is 0.169. The Morgan fingerprint density at radius 2 is 1.60 bits per heavy atom. The van der Waals surface area contributed by atoms with Gasteiger partial charge in [-0.05, 0) is 17.0 Å². The monoisotopic (exact) mass is 329 g/mol. The van der Waals surface area contributed by atoms with Crippen molar-refractivity contribution in [1.82, 2.24) is 4.98 Å². The van der Waals surface area contributed by atoms with Crippen molar-refractivity contribution < 1.29 is 14.9 Å². The molecule has 1 aliphatic carbocycles. The van der Waals surface area contributed by atoms with E-state index in [1.165, 1.54) is 0 Å². The van der Waals surface area contributed by atoms with Crippen molar-refractivity contribution in [2.75, 3.05) is 0 Å². The van der Waals surface area contributed by atoms with Gasteiger partial charge in [-0.15, -0.1) is 0 Å². The summed E-state index contributed by atoms with van der Waals surface area (Å²) >= 11 is 0. The molecule has 2 aliphatic rings. The van der Waals surface area contributed by atoms with E-state index in [1.807, 2.05) is 24.3 Å². The highest BCUT2D eigenvalue weighted by molar-refractivity contribution is 6.08. The number of aromatic nitrogens is 1. The number of epoxide rings is 1. The number of benzene rings is 3. The Hall–Kier alpha value is -2.53. The van der Waals surface area contributed by atoms with Crippen molar-refractivity contribution >= 4 is 32.6 Å². The molecule has 4 nitrogen and oxygen atoms in total. The lowest BCUT2D eigenvalue weighted by Gasteiger charge is -2.24. The summed E-state index contributed by atoms with van der Waals surface area (Å²) in [6.45, 7) is 0. The van der Waals surface area contributed by atoms with Gasteiger partial charge in [-0.3, -0.25) is 0 Å². The molecule has 4 atom stereocenters. The average molecular weight is 329 g/mol. The van der Waals surface area contributed by atoms with Gasteiger partial charge in [0.1, 0.15) is 24.4 Å². The third-order valence-corrected chi connectivity index (χ3v) is 5.54. The van der Waals surface area contributed by atoms with Crippen LogP contribution in [0.15, 0.2) is 54.6 Å². The van der Waals surface area contributed by atoms with Gasteiger partial charge in [0.05, 0.1) is 11.0 Å². The number of pyridine rings is 1. The number of fused-ring (bicyclic) bond motifs is 8. The zero-order valence-electron chi connectivity index (χ0n) is 13.3. The second-order valence-corrected chi connectivity index (χ2v) is 6.94. The molecule has 0 unspecified atom stereocenters. The molecule has 25 heavy (non-hydrogen) atoms. The second kappa shape index (κ2) is 4.55. The maximum Gasteiger partial charge on any atom is 0.118 e. The van der Waals surface area contributed by atoms with Crippen molar-refractivity contribution in [2.24, 2.45) is 0 Å². The Bertz CT molecular complexity index is 1190. The lowest BCUT2D eigenvalue weighted by Crippen LogP contribution is -2.29. The standard InChI is InChI=1S/C21H15NO3/c23-18-14-8-7-12-9-11-6-5-10-3-1-2-4-13(10)16(11)22-17(12)15(14)20-21(25-20)19(18)24/h1-9,18-21,23-24H/t18-,19+,20+,21-/m1/s1. The molecular formula is C21H15NO3. The first-order valence-electron chi connectivity index (χ1n) is 8.49. The molecule has 122 valence electrons. The summed E-state index contributed by atoms with van der Waals surface area (Å²) in [6.07, 6.45) is -2.28. The van der Waals surface area contributed by atoms with Crippen molar-refractivity contribution in [3.05, 3.63) is 65.7 Å². The van der Waals surface area contributed by atoms with Crippen LogP contribution in [0.25, 0.3) is 32.6 Å². The molecule has 1 saturated heterocycles. The van der Waals surface area contributed by atoms with E-state index < -0.39 is 12.2 Å². The molecule has 1 aliphatic heterocycles. The number of nitrogens with zero attached hydrogens (tertiary/aromatic N) is 1. The predicted octanol–water partition coefficient (Wildman–Crippen LogP) is 3.39. The highest BCUT2D eigenvalue weighted by Gasteiger charge is 2.54. The van der Waals surface area contributed by atoms with E-state index in [9.17, 15) is 10.2 Å². The van der Waals surface area contributed by atoms with E-state index in [0.717, 1.165) is 43.7 Å². The summed E-state index contributed by atoms with van der Waals surface area (Å²) in [6, 6.07) is 18.4. The lowest BCUT2D eigenvalue weighted by atomic mass is 9.85. The fourth-order valence-corrected chi connectivity index (χ4v) is 4.21. The van der Waals surface area contributed by atoms with Crippen LogP contribution in [0.4, 0.5) is 0 Å².